The summed E-state index contributed by atoms with van der Waals surface area (Å²) in [5, 5.41) is 87.0. The number of carbonyl (C=O) groups excluding carboxylic acids is 4. The van der Waals surface area contributed by atoms with Crippen molar-refractivity contribution in [3.05, 3.63) is 59.7 Å². The molecule has 0 saturated carbocycles. The lowest BCUT2D eigenvalue weighted by Gasteiger charge is -2.25. The van der Waals surface area contributed by atoms with Crippen LogP contribution in [0, 0.1) is 11.8 Å². The molecule has 0 aliphatic heterocycles. The van der Waals surface area contributed by atoms with Gasteiger partial charge in [-0.2, -0.15) is 0 Å². The second-order valence-corrected chi connectivity index (χ2v) is 16.3. The second kappa shape index (κ2) is 25.5. The third-order valence-electron chi connectivity index (χ3n) is 8.48. The highest BCUT2D eigenvalue weighted by Crippen LogP contribution is 2.26. The highest BCUT2D eigenvalue weighted by Gasteiger charge is 2.32. The van der Waals surface area contributed by atoms with Crippen LogP contribution in [0.25, 0.3) is 0 Å². The summed E-state index contributed by atoms with van der Waals surface area (Å²) < 4.78 is 0. The Morgan fingerprint density at radius 1 is 0.825 bits per heavy atom. The summed E-state index contributed by atoms with van der Waals surface area (Å²) >= 11 is 0. The van der Waals surface area contributed by atoms with Gasteiger partial charge in [-0.05, 0) is 24.3 Å². The molecule has 0 bridgehead atoms. The molecule has 0 spiro atoms. The van der Waals surface area contributed by atoms with Crippen LogP contribution in [0.1, 0.15) is 61.8 Å². The normalized spacial score (nSPS) is 15.6. The summed E-state index contributed by atoms with van der Waals surface area (Å²) in [5.41, 5.74) is 1.14. The third-order valence-corrected chi connectivity index (χ3v) is 10.8. The first-order valence-corrected chi connectivity index (χ1v) is 20.6. The van der Waals surface area contributed by atoms with E-state index in [1.54, 1.807) is 24.3 Å². The first-order chi connectivity index (χ1) is 26.9. The van der Waals surface area contributed by atoms with Crippen molar-refractivity contribution in [2.45, 2.75) is 94.6 Å². The number of nitrogens with one attached hydrogen (secondary N) is 4. The summed E-state index contributed by atoms with van der Waals surface area (Å²) in [6.45, 7) is 3.91. The predicted octanol–water partition coefficient (Wildman–Crippen LogP) is -2.22. The number of carboxylic acid groups (broad SMARTS) is 1. The van der Waals surface area contributed by atoms with E-state index < -0.39 is 98.2 Å². The fraction of sp³-hybridized carbons (Fsp3) is 0.571. The lowest BCUT2D eigenvalue weighted by Crippen LogP contribution is -2.55. The maximum Gasteiger partial charge on any atom is 0.475 e. The van der Waals surface area contributed by atoms with Crippen LogP contribution in [0.2, 0.25) is 0 Å². The number of nitrogens with zero attached hydrogens (tertiary/aromatic N) is 2. The molecule has 0 radical (unpaired) electrons. The zero-order valence-corrected chi connectivity index (χ0v) is 33.4. The van der Waals surface area contributed by atoms with Gasteiger partial charge in [0.25, 0.3) is 5.91 Å². The number of aliphatic carboxylic acids is 1. The molecule has 0 fully saturated rings. The topological polar surface area (TPSA) is 321 Å². The minimum absolute atomic E-state index is 0.0244. The number of hydrogen-bond donors (Lipinski definition) is 12. The summed E-state index contributed by atoms with van der Waals surface area (Å²) in [6, 6.07) is 6.63. The van der Waals surface area contributed by atoms with Gasteiger partial charge in [0.05, 0.1) is 36.7 Å². The Kier molecular flexibility index (Phi) is 22.0. The van der Waals surface area contributed by atoms with Crippen molar-refractivity contribution < 1.29 is 64.7 Å². The van der Waals surface area contributed by atoms with Gasteiger partial charge in [-0.15, -0.1) is 0 Å². The molecule has 1 aromatic carbocycles. The van der Waals surface area contributed by atoms with E-state index in [4.69, 9.17) is 5.11 Å². The van der Waals surface area contributed by atoms with Gasteiger partial charge in [0.2, 0.25) is 17.7 Å². The molecule has 0 unspecified atom stereocenters. The first kappa shape index (κ1) is 49.3. The minimum Gasteiger partial charge on any atom is -0.480 e. The zero-order valence-electron chi connectivity index (χ0n) is 31.8. The van der Waals surface area contributed by atoms with Crippen molar-refractivity contribution >= 4 is 58.3 Å². The zero-order chi connectivity index (χ0) is 42.7. The van der Waals surface area contributed by atoms with Crippen LogP contribution in [0.15, 0.2) is 42.7 Å². The molecule has 12 N–H and O–H groups in total. The summed E-state index contributed by atoms with van der Waals surface area (Å²) in [6.07, 6.45) is -4.19. The Morgan fingerprint density at radius 3 is 2.07 bits per heavy atom. The number of aliphatic hydroxyl groups excluding tert-OH is 5. The second-order valence-electron chi connectivity index (χ2n) is 13.8. The van der Waals surface area contributed by atoms with Crippen molar-refractivity contribution in [1.82, 2.24) is 31.2 Å². The van der Waals surface area contributed by atoms with Gasteiger partial charge in [-0.3, -0.25) is 24.2 Å². The van der Waals surface area contributed by atoms with E-state index in [9.17, 15) is 59.6 Å². The molecule has 1 heterocycles. The van der Waals surface area contributed by atoms with Gasteiger partial charge < -0.3 is 62.0 Å². The highest BCUT2D eigenvalue weighted by molar-refractivity contribution is 8.76. The van der Waals surface area contributed by atoms with E-state index in [0.29, 0.717) is 12.1 Å². The van der Waals surface area contributed by atoms with Crippen LogP contribution in [0.3, 0.4) is 0 Å². The lowest BCUT2D eigenvalue weighted by atomic mass is 9.75. The van der Waals surface area contributed by atoms with Crippen molar-refractivity contribution in [3.8, 4) is 0 Å². The summed E-state index contributed by atoms with van der Waals surface area (Å²) in [4.78, 5) is 71.5. The number of aliphatic hydroxyl groups is 5. The standard InChI is InChI=1S/C35H53BN6O13S2/c1-19(2)11-28(36(54)55)42-33(50)23(12-21-7-5-4-6-8-21)40-34(51)24-14-37-22(13-38-24)17-56-57-18-25(35(52)53)41-32(49)20(3)9-10-29(46)39-15-26(44)30(47)31(48)27(45)16-43/h4-8,13-14,19-20,23,25-28,30-31,43-45,47-48,54-55H,9-12,15-18H2,1-3H3,(H,39,46)(H,40,51)(H,41,49)(H,42,50)(H,52,53)/t20-,23-,25-,26-,27+,28-,30+,31+/m0/s1. The van der Waals surface area contributed by atoms with Crippen LogP contribution in [0.5, 0.6) is 0 Å². The summed E-state index contributed by atoms with van der Waals surface area (Å²) in [5.74, 6) is -5.20. The van der Waals surface area contributed by atoms with Gasteiger partial charge in [-0.25, -0.2) is 9.78 Å². The van der Waals surface area contributed by atoms with Gasteiger partial charge in [0.1, 0.15) is 36.1 Å². The van der Waals surface area contributed by atoms with Crippen LogP contribution in [0.4, 0.5) is 0 Å². The average Bonchev–Trinajstić information content (AvgIpc) is 3.18. The Labute approximate surface area is 338 Å². The van der Waals surface area contributed by atoms with Gasteiger partial charge in [-0.1, -0.05) is 72.7 Å². The van der Waals surface area contributed by atoms with Gasteiger partial charge in [0, 0.05) is 36.8 Å². The van der Waals surface area contributed by atoms with Crippen molar-refractivity contribution in [2.24, 2.45) is 11.8 Å². The van der Waals surface area contributed by atoms with Crippen molar-refractivity contribution in [1.29, 1.82) is 0 Å². The molecule has 0 aliphatic carbocycles. The maximum atomic E-state index is 13.2. The van der Waals surface area contributed by atoms with E-state index in [-0.39, 0.29) is 42.4 Å². The van der Waals surface area contributed by atoms with E-state index in [1.165, 1.54) is 30.1 Å². The average molecular weight is 841 g/mol. The molecule has 2 rings (SSSR count). The number of benzene rings is 1. The molecule has 0 saturated heterocycles. The molecule has 22 heteroatoms. The number of aromatic nitrogens is 2. The van der Waals surface area contributed by atoms with Crippen LogP contribution >= 0.6 is 21.6 Å². The molecule has 19 nitrogen and oxygen atoms in total. The number of amides is 4. The molecule has 2 aromatic rings. The predicted molar refractivity (Wildman–Crippen MR) is 211 cm³/mol. The number of rotatable bonds is 26. The van der Waals surface area contributed by atoms with E-state index >= 15 is 0 Å². The molecule has 1 aromatic heterocycles. The van der Waals surface area contributed by atoms with Crippen molar-refractivity contribution in [2.75, 3.05) is 18.9 Å². The summed E-state index contributed by atoms with van der Waals surface area (Å²) in [7, 11) is 0.575. The number of hydrogen-bond acceptors (Lipinski definition) is 16. The molecule has 316 valence electrons. The molecular formula is C35H53BN6O13S2. The van der Waals surface area contributed by atoms with Gasteiger partial charge in [0.15, 0.2) is 0 Å². The molecular weight excluding hydrogens is 787 g/mol. The highest BCUT2D eigenvalue weighted by atomic mass is 33.1. The Morgan fingerprint density at radius 2 is 1.49 bits per heavy atom. The molecule has 4 amide bonds. The smallest absolute Gasteiger partial charge is 0.475 e. The molecule has 57 heavy (non-hydrogen) atoms. The fourth-order valence-corrected chi connectivity index (χ4v) is 7.18. The van der Waals surface area contributed by atoms with Crippen LogP contribution in [-0.4, -0.2) is 149 Å². The SMILES string of the molecule is CC(C)C[C@H](NC(=O)[C@H](Cc1ccccc1)NC(=O)c1cnc(CSSC[C@H](NC(=O)[C@@H](C)CCC(=O)NC[C@H](O)[C@@H](O)[C@H](O)[C@H](O)CO)C(=O)O)cn1)B(O)O. The maximum absolute atomic E-state index is 13.2. The Balaban J connectivity index is 1.86. The molecule has 8 atom stereocenters. The van der Waals surface area contributed by atoms with Crippen LogP contribution < -0.4 is 21.3 Å². The van der Waals surface area contributed by atoms with Crippen molar-refractivity contribution in [3.63, 3.8) is 0 Å². The first-order valence-electron chi connectivity index (χ1n) is 18.1. The number of carbonyl (C=O) groups is 5. The van der Waals surface area contributed by atoms with Crippen LogP contribution in [-0.2, 0) is 31.4 Å². The molecule has 0 aliphatic rings. The van der Waals surface area contributed by atoms with E-state index in [2.05, 4.69) is 31.2 Å². The quantitative estimate of drug-likeness (QED) is 0.0271. The number of carboxylic acids is 1. The Hall–Kier alpha value is -3.87. The largest absolute Gasteiger partial charge is 0.480 e. The third kappa shape index (κ3) is 18.1. The van der Waals surface area contributed by atoms with E-state index in [1.807, 2.05) is 19.9 Å². The monoisotopic (exact) mass is 840 g/mol. The minimum atomic E-state index is -1.85. The lowest BCUT2D eigenvalue weighted by molar-refractivity contribution is -0.141. The Bertz CT molecular complexity index is 1570. The fourth-order valence-electron chi connectivity index (χ4n) is 5.06. The van der Waals surface area contributed by atoms with E-state index in [0.717, 1.165) is 16.4 Å². The van der Waals surface area contributed by atoms with Gasteiger partial charge >= 0.3 is 13.1 Å².